The van der Waals surface area contributed by atoms with Crippen LogP contribution in [0.4, 0.5) is 0 Å². The van der Waals surface area contributed by atoms with Crippen LogP contribution in [0.5, 0.6) is 0 Å². The van der Waals surface area contributed by atoms with E-state index in [4.69, 9.17) is 5.11 Å². The fourth-order valence-electron chi connectivity index (χ4n) is 1.48. The SMILES string of the molecule is CC(C)C(CNS(=O)(=O)c1c[nH]c(=O)[nH]c1=O)C(=O)O. The van der Waals surface area contributed by atoms with E-state index < -0.39 is 38.1 Å². The summed E-state index contributed by atoms with van der Waals surface area (Å²) in [6.45, 7) is 2.92. The Bertz CT molecular complexity index is 702. The largest absolute Gasteiger partial charge is 0.481 e. The maximum Gasteiger partial charge on any atom is 0.325 e. The number of aliphatic carboxylic acids is 1. The van der Waals surface area contributed by atoms with E-state index in [0.29, 0.717) is 0 Å². The Labute approximate surface area is 114 Å². The molecule has 0 aliphatic carbocycles. The van der Waals surface area contributed by atoms with Crippen molar-refractivity contribution in [2.45, 2.75) is 18.7 Å². The van der Waals surface area contributed by atoms with Gasteiger partial charge < -0.3 is 10.1 Å². The number of aromatic nitrogens is 2. The predicted molar refractivity (Wildman–Crippen MR) is 68.8 cm³/mol. The van der Waals surface area contributed by atoms with Crippen LogP contribution in [0.15, 0.2) is 20.7 Å². The molecule has 1 aromatic rings. The van der Waals surface area contributed by atoms with Crippen LogP contribution in [0.25, 0.3) is 0 Å². The van der Waals surface area contributed by atoms with E-state index in [1.54, 1.807) is 18.8 Å². The van der Waals surface area contributed by atoms with E-state index in [2.05, 4.69) is 0 Å². The Balaban J connectivity index is 2.99. The third-order valence-electron chi connectivity index (χ3n) is 2.69. The van der Waals surface area contributed by atoms with Gasteiger partial charge in [-0.15, -0.1) is 0 Å². The molecule has 10 heteroatoms. The molecule has 0 aliphatic heterocycles. The monoisotopic (exact) mass is 305 g/mol. The minimum atomic E-state index is -4.20. The highest BCUT2D eigenvalue weighted by molar-refractivity contribution is 7.89. The Morgan fingerprint density at radius 1 is 1.40 bits per heavy atom. The average molecular weight is 305 g/mol. The molecule has 0 amide bonds. The zero-order chi connectivity index (χ0) is 15.5. The number of rotatable bonds is 6. The highest BCUT2D eigenvalue weighted by Gasteiger charge is 2.25. The maximum atomic E-state index is 11.9. The van der Waals surface area contributed by atoms with Crippen molar-refractivity contribution in [2.24, 2.45) is 11.8 Å². The van der Waals surface area contributed by atoms with E-state index in [-0.39, 0.29) is 12.5 Å². The molecular weight excluding hydrogens is 290 g/mol. The molecule has 0 saturated carbocycles. The fourth-order valence-corrected chi connectivity index (χ4v) is 2.55. The van der Waals surface area contributed by atoms with Gasteiger partial charge in [0, 0.05) is 12.7 Å². The Hall–Kier alpha value is -1.94. The molecule has 1 unspecified atom stereocenters. The van der Waals surface area contributed by atoms with Gasteiger partial charge in [-0.25, -0.2) is 17.9 Å². The number of carboxylic acids is 1. The van der Waals surface area contributed by atoms with Crippen molar-refractivity contribution in [1.82, 2.24) is 14.7 Å². The quantitative estimate of drug-likeness (QED) is 0.513. The van der Waals surface area contributed by atoms with Crippen LogP contribution in [0, 0.1) is 11.8 Å². The molecule has 0 aromatic carbocycles. The van der Waals surface area contributed by atoms with E-state index in [1.807, 2.05) is 9.71 Å². The molecule has 112 valence electrons. The second-order valence-corrected chi connectivity index (χ2v) is 6.21. The normalized spacial score (nSPS) is 13.3. The van der Waals surface area contributed by atoms with Crippen LogP contribution in [0.2, 0.25) is 0 Å². The van der Waals surface area contributed by atoms with Gasteiger partial charge in [-0.2, -0.15) is 0 Å². The van der Waals surface area contributed by atoms with E-state index in [0.717, 1.165) is 6.20 Å². The topological polar surface area (TPSA) is 149 Å². The van der Waals surface area contributed by atoms with E-state index in [1.165, 1.54) is 0 Å². The second kappa shape index (κ2) is 6.01. The van der Waals surface area contributed by atoms with Crippen LogP contribution < -0.4 is 16.0 Å². The molecule has 9 nitrogen and oxygen atoms in total. The molecule has 0 radical (unpaired) electrons. The summed E-state index contributed by atoms with van der Waals surface area (Å²) in [5.74, 6) is -2.35. The summed E-state index contributed by atoms with van der Waals surface area (Å²) in [4.78, 5) is 36.3. The smallest absolute Gasteiger partial charge is 0.325 e. The first-order chi connectivity index (χ1) is 9.15. The van der Waals surface area contributed by atoms with Crippen LogP contribution in [-0.4, -0.2) is 36.0 Å². The summed E-state index contributed by atoms with van der Waals surface area (Å²) in [7, 11) is -4.20. The van der Waals surface area contributed by atoms with Crippen molar-refractivity contribution in [2.75, 3.05) is 6.54 Å². The third kappa shape index (κ3) is 3.78. The number of carbonyl (C=O) groups is 1. The molecular formula is C10H15N3O6S. The first-order valence-electron chi connectivity index (χ1n) is 5.69. The van der Waals surface area contributed by atoms with Gasteiger partial charge in [0.05, 0.1) is 5.92 Å². The molecule has 1 rings (SSSR count). The summed E-state index contributed by atoms with van der Waals surface area (Å²) >= 11 is 0. The summed E-state index contributed by atoms with van der Waals surface area (Å²) in [5.41, 5.74) is -1.91. The zero-order valence-electron chi connectivity index (χ0n) is 10.8. The van der Waals surface area contributed by atoms with Crippen molar-refractivity contribution in [3.63, 3.8) is 0 Å². The minimum Gasteiger partial charge on any atom is -0.481 e. The lowest BCUT2D eigenvalue weighted by Gasteiger charge is -2.16. The summed E-state index contributed by atoms with van der Waals surface area (Å²) in [5, 5.41) is 8.95. The van der Waals surface area contributed by atoms with Crippen LogP contribution in [0.1, 0.15) is 13.8 Å². The molecule has 1 atom stereocenters. The number of nitrogens with one attached hydrogen (secondary N) is 3. The van der Waals surface area contributed by atoms with Gasteiger partial charge >= 0.3 is 11.7 Å². The summed E-state index contributed by atoms with van der Waals surface area (Å²) in [6, 6.07) is 0. The lowest BCUT2D eigenvalue weighted by molar-refractivity contribution is -0.142. The van der Waals surface area contributed by atoms with Crippen LogP contribution >= 0.6 is 0 Å². The van der Waals surface area contributed by atoms with Gasteiger partial charge in [0.25, 0.3) is 5.56 Å². The van der Waals surface area contributed by atoms with Gasteiger partial charge in [0.1, 0.15) is 0 Å². The number of aromatic amines is 2. The van der Waals surface area contributed by atoms with Crippen LogP contribution in [-0.2, 0) is 14.8 Å². The Kier molecular flexibility index (Phi) is 4.84. The molecule has 0 saturated heterocycles. The summed E-state index contributed by atoms with van der Waals surface area (Å²) in [6.07, 6.45) is 0.759. The predicted octanol–water partition coefficient (Wildman–Crippen LogP) is -1.30. The molecule has 0 spiro atoms. The van der Waals surface area contributed by atoms with Gasteiger partial charge in [0.15, 0.2) is 4.90 Å². The Morgan fingerprint density at radius 3 is 2.45 bits per heavy atom. The number of carboxylic acid groups (broad SMARTS) is 1. The molecule has 4 N–H and O–H groups in total. The molecule has 1 heterocycles. The van der Waals surface area contributed by atoms with Crippen molar-refractivity contribution in [3.05, 3.63) is 27.0 Å². The van der Waals surface area contributed by atoms with Crippen molar-refractivity contribution in [1.29, 1.82) is 0 Å². The average Bonchev–Trinajstić information content (AvgIpc) is 2.26. The molecule has 0 fully saturated rings. The zero-order valence-corrected chi connectivity index (χ0v) is 11.7. The molecule has 0 aliphatic rings. The second-order valence-electron chi connectivity index (χ2n) is 4.48. The van der Waals surface area contributed by atoms with E-state index >= 15 is 0 Å². The van der Waals surface area contributed by atoms with Gasteiger partial charge in [-0.1, -0.05) is 13.8 Å². The molecule has 1 aromatic heterocycles. The molecule has 20 heavy (non-hydrogen) atoms. The summed E-state index contributed by atoms with van der Waals surface area (Å²) < 4.78 is 25.8. The minimum absolute atomic E-state index is 0.288. The number of hydrogen-bond acceptors (Lipinski definition) is 5. The highest BCUT2D eigenvalue weighted by Crippen LogP contribution is 2.11. The Morgan fingerprint density at radius 2 is 2.00 bits per heavy atom. The van der Waals surface area contributed by atoms with Gasteiger partial charge in [-0.05, 0) is 5.92 Å². The number of H-pyrrole nitrogens is 2. The number of sulfonamides is 1. The van der Waals surface area contributed by atoms with Crippen LogP contribution in [0.3, 0.4) is 0 Å². The number of hydrogen-bond donors (Lipinski definition) is 4. The van der Waals surface area contributed by atoms with Crippen molar-refractivity contribution < 1.29 is 18.3 Å². The lowest BCUT2D eigenvalue weighted by Crippen LogP contribution is -2.38. The fraction of sp³-hybridized carbons (Fsp3) is 0.500. The van der Waals surface area contributed by atoms with Crippen molar-refractivity contribution >= 4 is 16.0 Å². The first kappa shape index (κ1) is 16.1. The van der Waals surface area contributed by atoms with E-state index in [9.17, 15) is 22.8 Å². The first-order valence-corrected chi connectivity index (χ1v) is 7.18. The highest BCUT2D eigenvalue weighted by atomic mass is 32.2. The lowest BCUT2D eigenvalue weighted by atomic mass is 9.97. The standard InChI is InChI=1S/C10H15N3O6S/c1-5(2)6(9(15)16)3-12-20(18,19)7-4-11-10(17)13-8(7)14/h4-6,12H,3H2,1-2H3,(H,15,16)(H2,11,13,14,17). The third-order valence-corrected chi connectivity index (χ3v) is 4.12. The van der Waals surface area contributed by atoms with Crippen molar-refractivity contribution in [3.8, 4) is 0 Å². The van der Waals surface area contributed by atoms with Gasteiger partial charge in [0.2, 0.25) is 10.0 Å². The van der Waals surface area contributed by atoms with Gasteiger partial charge in [-0.3, -0.25) is 14.6 Å². The maximum absolute atomic E-state index is 11.9. The molecule has 0 bridgehead atoms.